The van der Waals surface area contributed by atoms with Crippen LogP contribution in [0.15, 0.2) is 30.3 Å². The van der Waals surface area contributed by atoms with Gasteiger partial charge in [0.05, 0.1) is 0 Å². The largest absolute Gasteiger partial charge is 0.459 e. The molecule has 4 atom stereocenters. The Hall–Kier alpha value is -1.31. The first kappa shape index (κ1) is 16.2. The van der Waals surface area contributed by atoms with E-state index in [1.807, 2.05) is 0 Å². The Balaban J connectivity index is 1.75. The third-order valence-corrected chi connectivity index (χ3v) is 6.94. The Morgan fingerprint density at radius 2 is 1.92 bits per heavy atom. The second kappa shape index (κ2) is 5.61. The standard InChI is InChI=1S/C22H30O2/c1-3-4-10-20-11-18-12-21(14-20,19-8-6-5-7-9-19)16-22(13-18,15-20)24-17(2)23/h5-9,18H,3-4,10-16H2,1-2H3/t18-,20+,21+,22-/m1/s1. The summed E-state index contributed by atoms with van der Waals surface area (Å²) in [7, 11) is 0. The van der Waals surface area contributed by atoms with Gasteiger partial charge in [-0.05, 0) is 67.3 Å². The van der Waals surface area contributed by atoms with Gasteiger partial charge in [0.15, 0.2) is 0 Å². The molecule has 24 heavy (non-hydrogen) atoms. The second-order valence-corrected chi connectivity index (χ2v) is 9.04. The Bertz CT molecular complexity index is 624. The summed E-state index contributed by atoms with van der Waals surface area (Å²) in [5.74, 6) is 0.628. The van der Waals surface area contributed by atoms with Gasteiger partial charge in [-0.25, -0.2) is 0 Å². The Morgan fingerprint density at radius 3 is 2.62 bits per heavy atom. The summed E-state index contributed by atoms with van der Waals surface area (Å²) in [6, 6.07) is 11.1. The summed E-state index contributed by atoms with van der Waals surface area (Å²) >= 11 is 0. The molecule has 0 amide bonds. The van der Waals surface area contributed by atoms with Gasteiger partial charge in [-0.1, -0.05) is 50.1 Å². The number of hydrogen-bond acceptors (Lipinski definition) is 2. The van der Waals surface area contributed by atoms with Crippen LogP contribution in [0.25, 0.3) is 0 Å². The van der Waals surface area contributed by atoms with Gasteiger partial charge in [-0.3, -0.25) is 4.79 Å². The molecule has 4 saturated carbocycles. The SMILES string of the molecule is CCCC[C@@]12C[C@H]3C[C@@](OC(C)=O)(C1)C[C@](c1ccccc1)(C3)C2. The van der Waals surface area contributed by atoms with Gasteiger partial charge in [0.2, 0.25) is 0 Å². The molecule has 0 aromatic heterocycles. The monoisotopic (exact) mass is 326 g/mol. The van der Waals surface area contributed by atoms with Crippen molar-refractivity contribution < 1.29 is 9.53 Å². The predicted octanol–water partition coefficient (Wildman–Crippen LogP) is 5.40. The quantitative estimate of drug-likeness (QED) is 0.677. The summed E-state index contributed by atoms with van der Waals surface area (Å²) in [5.41, 5.74) is 1.89. The van der Waals surface area contributed by atoms with Crippen LogP contribution in [0.1, 0.15) is 77.2 Å². The maximum atomic E-state index is 11.9. The maximum absolute atomic E-state index is 11.9. The van der Waals surface area contributed by atoms with Crippen LogP contribution >= 0.6 is 0 Å². The molecule has 4 bridgehead atoms. The van der Waals surface area contributed by atoms with E-state index in [1.54, 1.807) is 6.92 Å². The molecule has 1 aromatic rings. The lowest BCUT2D eigenvalue weighted by Gasteiger charge is -2.66. The second-order valence-electron chi connectivity index (χ2n) is 9.04. The van der Waals surface area contributed by atoms with Crippen LogP contribution in [0.2, 0.25) is 0 Å². The molecule has 2 nitrogen and oxygen atoms in total. The van der Waals surface area contributed by atoms with Gasteiger partial charge < -0.3 is 4.74 Å². The van der Waals surface area contributed by atoms with Crippen molar-refractivity contribution in [1.82, 2.24) is 0 Å². The molecule has 2 heteroatoms. The lowest BCUT2D eigenvalue weighted by atomic mass is 9.40. The molecule has 4 aliphatic rings. The normalized spacial score (nSPS) is 39.8. The van der Waals surface area contributed by atoms with E-state index < -0.39 is 0 Å². The van der Waals surface area contributed by atoms with Crippen molar-refractivity contribution in [2.24, 2.45) is 11.3 Å². The first-order valence-corrected chi connectivity index (χ1v) is 9.74. The highest BCUT2D eigenvalue weighted by Crippen LogP contribution is 2.69. The Kier molecular flexibility index (Phi) is 3.78. The van der Waals surface area contributed by atoms with Crippen molar-refractivity contribution in [3.8, 4) is 0 Å². The van der Waals surface area contributed by atoms with Crippen molar-refractivity contribution >= 4 is 5.97 Å². The van der Waals surface area contributed by atoms with Crippen LogP contribution in [0.5, 0.6) is 0 Å². The molecule has 0 N–H and O–H groups in total. The van der Waals surface area contributed by atoms with Crippen molar-refractivity contribution in [3.05, 3.63) is 35.9 Å². The third-order valence-electron chi connectivity index (χ3n) is 6.94. The number of carbonyl (C=O) groups excluding carboxylic acids is 1. The summed E-state index contributed by atoms with van der Waals surface area (Å²) in [6.45, 7) is 3.88. The number of carbonyl (C=O) groups is 1. The number of hydrogen-bond donors (Lipinski definition) is 0. The van der Waals surface area contributed by atoms with Gasteiger partial charge in [0.25, 0.3) is 0 Å². The molecule has 5 rings (SSSR count). The smallest absolute Gasteiger partial charge is 0.303 e. The van der Waals surface area contributed by atoms with Gasteiger partial charge in [0.1, 0.15) is 5.60 Å². The molecule has 1 aromatic carbocycles. The highest BCUT2D eigenvalue weighted by molar-refractivity contribution is 5.66. The highest BCUT2D eigenvalue weighted by atomic mass is 16.6. The average Bonchev–Trinajstić information content (AvgIpc) is 2.51. The van der Waals surface area contributed by atoms with E-state index in [2.05, 4.69) is 37.3 Å². The van der Waals surface area contributed by atoms with E-state index in [9.17, 15) is 4.79 Å². The fraction of sp³-hybridized carbons (Fsp3) is 0.682. The molecule has 0 aliphatic heterocycles. The van der Waals surface area contributed by atoms with Gasteiger partial charge in [-0.2, -0.15) is 0 Å². The fourth-order valence-electron chi connectivity index (χ4n) is 6.91. The molecular formula is C22H30O2. The van der Waals surface area contributed by atoms with Gasteiger partial charge >= 0.3 is 5.97 Å². The zero-order chi connectivity index (χ0) is 16.8. The molecule has 0 unspecified atom stereocenters. The van der Waals surface area contributed by atoms with E-state index in [0.29, 0.717) is 5.41 Å². The molecule has 0 saturated heterocycles. The van der Waals surface area contributed by atoms with Crippen molar-refractivity contribution in [2.45, 2.75) is 82.7 Å². The average molecular weight is 326 g/mol. The fourth-order valence-corrected chi connectivity index (χ4v) is 6.91. The number of benzene rings is 1. The Morgan fingerprint density at radius 1 is 1.12 bits per heavy atom. The summed E-state index contributed by atoms with van der Waals surface area (Å²) in [4.78, 5) is 11.9. The first-order chi connectivity index (χ1) is 11.5. The van der Waals surface area contributed by atoms with Crippen LogP contribution < -0.4 is 0 Å². The van der Waals surface area contributed by atoms with Crippen LogP contribution in [0.4, 0.5) is 0 Å². The molecule has 0 heterocycles. The Labute approximate surface area is 146 Å². The van der Waals surface area contributed by atoms with E-state index in [4.69, 9.17) is 4.74 Å². The third kappa shape index (κ3) is 2.59. The highest BCUT2D eigenvalue weighted by Gasteiger charge is 2.64. The predicted molar refractivity (Wildman–Crippen MR) is 95.8 cm³/mol. The number of esters is 1. The summed E-state index contributed by atoms with van der Waals surface area (Å²) < 4.78 is 6.06. The maximum Gasteiger partial charge on any atom is 0.303 e. The number of ether oxygens (including phenoxy) is 1. The minimum Gasteiger partial charge on any atom is -0.459 e. The van der Waals surface area contributed by atoms with E-state index in [1.165, 1.54) is 44.1 Å². The van der Waals surface area contributed by atoms with E-state index in [0.717, 1.165) is 25.2 Å². The molecule has 4 fully saturated rings. The lowest BCUT2D eigenvalue weighted by Crippen LogP contribution is -2.62. The summed E-state index contributed by atoms with van der Waals surface area (Å²) in [6.07, 6.45) is 11.0. The lowest BCUT2D eigenvalue weighted by molar-refractivity contribution is -0.207. The van der Waals surface area contributed by atoms with Crippen molar-refractivity contribution in [3.63, 3.8) is 0 Å². The minimum absolute atomic E-state index is 0.0918. The van der Waals surface area contributed by atoms with Crippen LogP contribution in [0, 0.1) is 11.3 Å². The minimum atomic E-state index is -0.200. The zero-order valence-corrected chi connectivity index (χ0v) is 15.1. The van der Waals surface area contributed by atoms with E-state index >= 15 is 0 Å². The molecule has 0 radical (unpaired) electrons. The van der Waals surface area contributed by atoms with Crippen LogP contribution in [-0.2, 0) is 14.9 Å². The molecule has 0 spiro atoms. The first-order valence-electron chi connectivity index (χ1n) is 9.74. The van der Waals surface area contributed by atoms with Crippen molar-refractivity contribution in [2.75, 3.05) is 0 Å². The molecule has 4 aliphatic carbocycles. The zero-order valence-electron chi connectivity index (χ0n) is 15.1. The van der Waals surface area contributed by atoms with Gasteiger partial charge in [0, 0.05) is 6.92 Å². The van der Waals surface area contributed by atoms with Crippen LogP contribution in [0.3, 0.4) is 0 Å². The van der Waals surface area contributed by atoms with E-state index in [-0.39, 0.29) is 17.0 Å². The van der Waals surface area contributed by atoms with Crippen LogP contribution in [-0.4, -0.2) is 11.6 Å². The topological polar surface area (TPSA) is 26.3 Å². The molecule has 130 valence electrons. The molecular weight excluding hydrogens is 296 g/mol. The van der Waals surface area contributed by atoms with Crippen molar-refractivity contribution in [1.29, 1.82) is 0 Å². The number of unbranched alkanes of at least 4 members (excludes halogenated alkanes) is 1. The summed E-state index contributed by atoms with van der Waals surface area (Å²) in [5, 5.41) is 0. The van der Waals surface area contributed by atoms with Gasteiger partial charge in [-0.15, -0.1) is 0 Å². The number of rotatable bonds is 5.